The summed E-state index contributed by atoms with van der Waals surface area (Å²) >= 11 is 13.4. The van der Waals surface area contributed by atoms with Crippen molar-refractivity contribution in [2.75, 3.05) is 0 Å². The van der Waals surface area contributed by atoms with Gasteiger partial charge in [-0.25, -0.2) is 14.3 Å². The van der Waals surface area contributed by atoms with Gasteiger partial charge in [-0.3, -0.25) is 4.98 Å². The Morgan fingerprint density at radius 1 is 0.711 bits per heavy atom. The molecule has 45 heavy (non-hydrogen) atoms. The molecule has 2 fully saturated rings. The van der Waals surface area contributed by atoms with E-state index in [1.165, 1.54) is 37.8 Å². The number of hydrogen-bond acceptors (Lipinski definition) is 8. The molecule has 4 aromatic heterocycles. The predicted octanol–water partition coefficient (Wildman–Crippen LogP) is 6.33. The minimum atomic E-state index is -1.53. The Hall–Kier alpha value is -4.03. The van der Waals surface area contributed by atoms with Crippen LogP contribution in [-0.2, 0) is 13.1 Å². The summed E-state index contributed by atoms with van der Waals surface area (Å²) in [4.78, 5) is 8.33. The van der Waals surface area contributed by atoms with E-state index >= 15 is 4.39 Å². The summed E-state index contributed by atoms with van der Waals surface area (Å²) in [6.45, 7) is 1.61. The maximum absolute atomic E-state index is 15.3. The smallest absolute Gasteiger partial charge is 0.221 e. The Morgan fingerprint density at radius 2 is 1.24 bits per heavy atom. The van der Waals surface area contributed by atoms with Crippen molar-refractivity contribution >= 4 is 45.3 Å². The third-order valence-corrected chi connectivity index (χ3v) is 9.44. The zero-order valence-corrected chi connectivity index (χ0v) is 25.4. The lowest BCUT2D eigenvalue weighted by atomic mass is 10.0. The highest BCUT2D eigenvalue weighted by Crippen LogP contribution is 2.38. The predicted molar refractivity (Wildman–Crippen MR) is 167 cm³/mol. The summed E-state index contributed by atoms with van der Waals surface area (Å²) in [5.74, 6) is 0.416. The Bertz CT molecular complexity index is 2070. The number of aromatic nitrogens is 8. The van der Waals surface area contributed by atoms with Gasteiger partial charge in [-0.15, -0.1) is 10.2 Å². The molecule has 8 rings (SSSR count). The number of pyridine rings is 2. The van der Waals surface area contributed by atoms with Crippen LogP contribution in [0.2, 0.25) is 10.0 Å². The third kappa shape index (κ3) is 5.23. The fourth-order valence-electron chi connectivity index (χ4n) is 5.68. The lowest BCUT2D eigenvalue weighted by Gasteiger charge is -2.18. The number of fused-ring (bicyclic) bond motifs is 2. The van der Waals surface area contributed by atoms with Crippen LogP contribution in [0.5, 0.6) is 0 Å². The van der Waals surface area contributed by atoms with Crippen LogP contribution < -0.4 is 0 Å². The van der Waals surface area contributed by atoms with Crippen molar-refractivity contribution in [1.29, 1.82) is 0 Å². The van der Waals surface area contributed by atoms with Crippen molar-refractivity contribution in [2.45, 2.75) is 51.0 Å². The molecule has 2 aliphatic carbocycles. The molecule has 13 heteroatoms. The van der Waals surface area contributed by atoms with E-state index in [0.29, 0.717) is 39.0 Å². The number of aliphatic hydroxyl groups is 2. The van der Waals surface area contributed by atoms with Crippen molar-refractivity contribution in [1.82, 2.24) is 40.0 Å². The maximum atomic E-state index is 15.3. The highest BCUT2D eigenvalue weighted by Gasteiger charge is 2.27. The van der Waals surface area contributed by atoms with Crippen molar-refractivity contribution in [2.24, 2.45) is 11.8 Å². The average molecular weight is 646 g/mol. The Kier molecular flexibility index (Phi) is 7.01. The van der Waals surface area contributed by atoms with Crippen LogP contribution in [0.1, 0.15) is 49.3 Å². The van der Waals surface area contributed by atoms with Crippen LogP contribution in [0.4, 0.5) is 4.39 Å². The molecule has 2 unspecified atom stereocenters. The van der Waals surface area contributed by atoms with Crippen LogP contribution in [0.3, 0.4) is 0 Å². The summed E-state index contributed by atoms with van der Waals surface area (Å²) in [6, 6.07) is 13.6. The lowest BCUT2D eigenvalue weighted by Crippen LogP contribution is -2.14. The molecule has 0 spiro atoms. The molecule has 228 valence electrons. The van der Waals surface area contributed by atoms with Gasteiger partial charge in [-0.05, 0) is 67.9 Å². The molecule has 2 atom stereocenters. The van der Waals surface area contributed by atoms with Gasteiger partial charge in [0.1, 0.15) is 23.2 Å². The van der Waals surface area contributed by atoms with E-state index in [-0.39, 0.29) is 22.0 Å². The molecular weight excluding hydrogens is 618 g/mol. The largest absolute Gasteiger partial charge is 0.384 e. The molecule has 0 radical (unpaired) electrons. The Balaban J connectivity index is 1.01. The van der Waals surface area contributed by atoms with E-state index in [4.69, 9.17) is 23.2 Å². The van der Waals surface area contributed by atoms with Gasteiger partial charge in [-0.1, -0.05) is 51.8 Å². The van der Waals surface area contributed by atoms with E-state index in [1.807, 2.05) is 27.6 Å². The van der Waals surface area contributed by atoms with E-state index in [0.717, 1.165) is 29.7 Å². The normalized spacial score (nSPS) is 16.5. The second-order valence-corrected chi connectivity index (χ2v) is 12.7. The first-order chi connectivity index (χ1) is 21.9. The minimum Gasteiger partial charge on any atom is -0.384 e. The highest BCUT2D eigenvalue weighted by atomic mass is 35.5. The van der Waals surface area contributed by atoms with Crippen LogP contribution in [-0.4, -0.2) is 50.2 Å². The van der Waals surface area contributed by atoms with Crippen LogP contribution in [0.25, 0.3) is 44.3 Å². The van der Waals surface area contributed by atoms with Gasteiger partial charge in [-0.2, -0.15) is 4.39 Å². The number of hydrogen-bond donors (Lipinski definition) is 2. The van der Waals surface area contributed by atoms with E-state index in [2.05, 4.69) is 30.6 Å². The number of rotatable bonds is 9. The fraction of sp³-hybridized carbons (Fsp3) is 0.312. The maximum Gasteiger partial charge on any atom is 0.221 e. The molecule has 2 N–H and O–H groups in total. The van der Waals surface area contributed by atoms with E-state index in [9.17, 15) is 10.2 Å². The van der Waals surface area contributed by atoms with E-state index < -0.39 is 18.2 Å². The first-order valence-corrected chi connectivity index (χ1v) is 15.6. The summed E-state index contributed by atoms with van der Waals surface area (Å²) in [5.41, 5.74) is 4.90. The SMILES string of the molecule is OC(c1ccc(-c2ccc3c(nnn3CC3CC3)c2Cl)cn1)C(O)c1ccc(-c2ccc3c(nnn3CC3CC3)c2Cl)c(F)n1. The van der Waals surface area contributed by atoms with Crippen LogP contribution in [0.15, 0.2) is 54.7 Å². The van der Waals surface area contributed by atoms with Gasteiger partial charge in [0.15, 0.2) is 0 Å². The molecule has 2 aromatic carbocycles. The van der Waals surface area contributed by atoms with Crippen molar-refractivity contribution in [3.8, 4) is 22.3 Å². The van der Waals surface area contributed by atoms with Gasteiger partial charge >= 0.3 is 0 Å². The average Bonchev–Trinajstić information content (AvgIpc) is 3.97. The second kappa shape index (κ2) is 11.1. The molecule has 10 nitrogen and oxygen atoms in total. The number of halogens is 3. The van der Waals surface area contributed by atoms with Crippen LogP contribution >= 0.6 is 23.2 Å². The topological polar surface area (TPSA) is 128 Å². The highest BCUT2D eigenvalue weighted by molar-refractivity contribution is 6.38. The summed E-state index contributed by atoms with van der Waals surface area (Å²) < 4.78 is 19.1. The molecule has 6 aromatic rings. The van der Waals surface area contributed by atoms with Gasteiger partial charge < -0.3 is 10.2 Å². The summed E-state index contributed by atoms with van der Waals surface area (Å²) in [6.07, 6.45) is 3.33. The first kappa shape index (κ1) is 28.4. The Labute approximate surface area is 266 Å². The molecule has 4 heterocycles. The fourth-order valence-corrected chi connectivity index (χ4v) is 6.28. The van der Waals surface area contributed by atoms with Gasteiger partial charge in [0.2, 0.25) is 5.95 Å². The molecule has 0 bridgehead atoms. The molecule has 0 aliphatic heterocycles. The van der Waals surface area contributed by atoms with Crippen molar-refractivity contribution < 1.29 is 14.6 Å². The first-order valence-electron chi connectivity index (χ1n) is 14.9. The molecule has 2 saturated carbocycles. The molecule has 0 saturated heterocycles. The zero-order chi connectivity index (χ0) is 30.8. The standard InChI is InChI=1S/C32H27Cl2FN8O2/c33-26-19(7-11-24-28(26)38-40-42(24)14-16-1-2-16)18-5-9-22(36-13-18)30(44)31(45)23-10-6-21(32(35)37-23)20-8-12-25-29(27(20)34)39-41-43(25)15-17-3-4-17/h5-13,16-17,30-31,44-45H,1-4,14-15H2. The van der Waals surface area contributed by atoms with Crippen molar-refractivity contribution in [3.05, 3.63) is 82.1 Å². The zero-order valence-electron chi connectivity index (χ0n) is 23.9. The number of nitrogens with zero attached hydrogens (tertiary/aromatic N) is 8. The van der Waals surface area contributed by atoms with Gasteiger partial charge in [0.05, 0.1) is 32.5 Å². The number of benzene rings is 2. The third-order valence-electron chi connectivity index (χ3n) is 8.67. The molecule has 0 amide bonds. The lowest BCUT2D eigenvalue weighted by molar-refractivity contribution is 0.0116. The van der Waals surface area contributed by atoms with E-state index in [1.54, 1.807) is 24.4 Å². The van der Waals surface area contributed by atoms with Gasteiger partial charge in [0.25, 0.3) is 0 Å². The summed E-state index contributed by atoms with van der Waals surface area (Å²) in [7, 11) is 0. The van der Waals surface area contributed by atoms with Gasteiger partial charge in [0, 0.05) is 41.5 Å². The second-order valence-electron chi connectivity index (χ2n) is 12.0. The minimum absolute atomic E-state index is 0.0509. The number of aliphatic hydroxyl groups excluding tert-OH is 2. The monoisotopic (exact) mass is 644 g/mol. The summed E-state index contributed by atoms with van der Waals surface area (Å²) in [5, 5.41) is 39.6. The van der Waals surface area contributed by atoms with Crippen molar-refractivity contribution in [3.63, 3.8) is 0 Å². The quantitative estimate of drug-likeness (QED) is 0.175. The molecular formula is C32H27Cl2FN8O2. The van der Waals surface area contributed by atoms with Crippen LogP contribution in [0, 0.1) is 17.8 Å². The Morgan fingerprint density at radius 3 is 1.80 bits per heavy atom. The molecule has 2 aliphatic rings.